The van der Waals surface area contributed by atoms with Crippen LogP contribution in [0.4, 0.5) is 0 Å². The fourth-order valence-corrected chi connectivity index (χ4v) is 1.69. The Morgan fingerprint density at radius 2 is 1.94 bits per heavy atom. The lowest BCUT2D eigenvalue weighted by Gasteiger charge is -2.13. The van der Waals surface area contributed by atoms with Crippen LogP contribution in [0.25, 0.3) is 5.57 Å². The molecule has 2 rings (SSSR count). The van der Waals surface area contributed by atoms with Crippen LogP contribution < -0.4 is 0 Å². The van der Waals surface area contributed by atoms with Crippen molar-refractivity contribution < 1.29 is 9.90 Å². The Bertz CT molecular complexity index is 512. The van der Waals surface area contributed by atoms with Crippen LogP contribution in [0.3, 0.4) is 0 Å². The minimum Gasteiger partial charge on any atom is -0.383 e. The average Bonchev–Trinajstić information content (AvgIpc) is 2.32. The van der Waals surface area contributed by atoms with Crippen molar-refractivity contribution in [2.75, 3.05) is 0 Å². The van der Waals surface area contributed by atoms with Crippen molar-refractivity contribution in [1.29, 1.82) is 0 Å². The van der Waals surface area contributed by atoms with E-state index < -0.39 is 6.10 Å². The first-order valence-corrected chi connectivity index (χ1v) is 5.39. The monoisotopic (exact) mass is 227 g/mol. The molecule has 1 aliphatic rings. The van der Waals surface area contributed by atoms with Gasteiger partial charge in [-0.1, -0.05) is 36.4 Å². The zero-order valence-electron chi connectivity index (χ0n) is 9.50. The number of rotatable bonds is 1. The van der Waals surface area contributed by atoms with Gasteiger partial charge in [0.05, 0.1) is 5.71 Å². The van der Waals surface area contributed by atoms with E-state index in [9.17, 15) is 9.90 Å². The van der Waals surface area contributed by atoms with Gasteiger partial charge in [0.25, 0.3) is 0 Å². The van der Waals surface area contributed by atoms with E-state index in [2.05, 4.69) is 4.99 Å². The van der Waals surface area contributed by atoms with Crippen molar-refractivity contribution in [1.82, 2.24) is 0 Å². The van der Waals surface area contributed by atoms with Gasteiger partial charge in [0.2, 0.25) is 5.91 Å². The third-order valence-corrected chi connectivity index (χ3v) is 2.47. The maximum atomic E-state index is 10.9. The summed E-state index contributed by atoms with van der Waals surface area (Å²) in [7, 11) is 0. The number of carbonyl (C=O) groups excluding carboxylic acids is 1. The number of aliphatic hydroxyl groups excluding tert-OH is 1. The predicted octanol–water partition coefficient (Wildman–Crippen LogP) is 1.99. The van der Waals surface area contributed by atoms with Crippen LogP contribution in [0.15, 0.2) is 53.6 Å². The molecule has 1 unspecified atom stereocenters. The van der Waals surface area contributed by atoms with Crippen molar-refractivity contribution in [2.45, 2.75) is 13.0 Å². The van der Waals surface area contributed by atoms with Crippen molar-refractivity contribution in [3.05, 3.63) is 54.1 Å². The minimum atomic E-state index is -0.820. The molecule has 0 saturated carbocycles. The van der Waals surface area contributed by atoms with E-state index >= 15 is 0 Å². The van der Waals surface area contributed by atoms with Gasteiger partial charge in [-0.05, 0) is 23.3 Å². The third-order valence-electron chi connectivity index (χ3n) is 2.47. The number of hydrogen-bond donors (Lipinski definition) is 1. The maximum Gasteiger partial charge on any atom is 0.242 e. The molecule has 0 heterocycles. The molecule has 0 aliphatic heterocycles. The van der Waals surface area contributed by atoms with E-state index in [-0.39, 0.29) is 5.91 Å². The zero-order valence-corrected chi connectivity index (χ0v) is 9.50. The fraction of sp³-hybridized carbons (Fsp3) is 0.143. The third kappa shape index (κ3) is 2.77. The molecule has 86 valence electrons. The molecule has 1 aromatic rings. The maximum absolute atomic E-state index is 10.9. The highest BCUT2D eigenvalue weighted by atomic mass is 16.3. The molecule has 1 aromatic carbocycles. The second-order valence-corrected chi connectivity index (χ2v) is 3.82. The fourth-order valence-electron chi connectivity index (χ4n) is 1.69. The van der Waals surface area contributed by atoms with Gasteiger partial charge in [-0.15, -0.1) is 0 Å². The molecular formula is C14H13NO2. The number of aliphatic imine (C=N–C) groups is 1. The Hall–Kier alpha value is -2.00. The van der Waals surface area contributed by atoms with Gasteiger partial charge in [-0.25, -0.2) is 4.99 Å². The van der Waals surface area contributed by atoms with Gasteiger partial charge in [0.15, 0.2) is 0 Å². The van der Waals surface area contributed by atoms with E-state index in [0.717, 1.165) is 11.1 Å². The topological polar surface area (TPSA) is 49.7 Å². The van der Waals surface area contributed by atoms with Gasteiger partial charge >= 0.3 is 0 Å². The summed E-state index contributed by atoms with van der Waals surface area (Å²) in [6.45, 7) is 1.37. The number of carbonyl (C=O) groups is 1. The number of aliphatic hydroxyl groups is 1. The van der Waals surface area contributed by atoms with Crippen LogP contribution in [-0.4, -0.2) is 22.8 Å². The number of amides is 1. The Morgan fingerprint density at radius 1 is 1.24 bits per heavy atom. The molecule has 0 fully saturated rings. The number of benzene rings is 1. The van der Waals surface area contributed by atoms with Gasteiger partial charge < -0.3 is 5.11 Å². The van der Waals surface area contributed by atoms with Crippen molar-refractivity contribution in [3.63, 3.8) is 0 Å². The molecule has 1 N–H and O–H groups in total. The number of allylic oxidation sites excluding steroid dienone is 2. The van der Waals surface area contributed by atoms with Crippen molar-refractivity contribution >= 4 is 17.2 Å². The lowest BCUT2D eigenvalue weighted by Crippen LogP contribution is -2.19. The molecule has 0 aromatic heterocycles. The summed E-state index contributed by atoms with van der Waals surface area (Å²) < 4.78 is 0. The SMILES string of the molecule is CC(=O)N=C1C=CC(c2ccccc2)=CC1O. The first kappa shape index (κ1) is 11.5. The second-order valence-electron chi connectivity index (χ2n) is 3.82. The van der Waals surface area contributed by atoms with E-state index in [0.29, 0.717) is 5.71 Å². The highest BCUT2D eigenvalue weighted by Gasteiger charge is 2.14. The summed E-state index contributed by atoms with van der Waals surface area (Å²) in [5.74, 6) is -0.305. The molecule has 1 amide bonds. The molecule has 3 heteroatoms. The smallest absolute Gasteiger partial charge is 0.242 e. The van der Waals surface area contributed by atoms with Crippen LogP contribution in [0.1, 0.15) is 12.5 Å². The van der Waals surface area contributed by atoms with Gasteiger partial charge in [0.1, 0.15) is 6.10 Å². The van der Waals surface area contributed by atoms with Crippen LogP contribution in [0.5, 0.6) is 0 Å². The largest absolute Gasteiger partial charge is 0.383 e. The summed E-state index contributed by atoms with van der Waals surface area (Å²) in [4.78, 5) is 14.6. The molecule has 1 atom stereocenters. The van der Waals surface area contributed by atoms with E-state index in [1.807, 2.05) is 36.4 Å². The lowest BCUT2D eigenvalue weighted by atomic mass is 9.97. The second kappa shape index (κ2) is 4.89. The minimum absolute atomic E-state index is 0.305. The molecule has 0 bridgehead atoms. The standard InChI is InChI=1S/C14H13NO2/c1-10(16)15-13-8-7-12(9-14(13)17)11-5-3-2-4-6-11/h2-9,14,17H,1H3. The summed E-state index contributed by atoms with van der Waals surface area (Å²) in [6, 6.07) is 9.76. The van der Waals surface area contributed by atoms with Crippen molar-refractivity contribution in [2.24, 2.45) is 4.99 Å². The summed E-state index contributed by atoms with van der Waals surface area (Å²) in [6.07, 6.45) is 4.40. The molecule has 0 radical (unpaired) electrons. The van der Waals surface area contributed by atoms with Crippen molar-refractivity contribution in [3.8, 4) is 0 Å². The van der Waals surface area contributed by atoms with Crippen LogP contribution in [0.2, 0.25) is 0 Å². The number of nitrogens with zero attached hydrogens (tertiary/aromatic N) is 1. The average molecular weight is 227 g/mol. The first-order valence-electron chi connectivity index (χ1n) is 5.39. The summed E-state index contributed by atoms with van der Waals surface area (Å²) in [5.41, 5.74) is 2.35. The quantitative estimate of drug-likeness (QED) is 0.797. The van der Waals surface area contributed by atoms with Crippen LogP contribution >= 0.6 is 0 Å². The Morgan fingerprint density at radius 3 is 2.53 bits per heavy atom. The zero-order chi connectivity index (χ0) is 12.3. The van der Waals surface area contributed by atoms with Gasteiger partial charge in [-0.2, -0.15) is 0 Å². The van der Waals surface area contributed by atoms with E-state index in [1.165, 1.54) is 6.92 Å². The van der Waals surface area contributed by atoms with Crippen LogP contribution in [0, 0.1) is 0 Å². The van der Waals surface area contributed by atoms with Gasteiger partial charge in [-0.3, -0.25) is 4.79 Å². The molecule has 17 heavy (non-hydrogen) atoms. The Labute approximate surface area is 99.8 Å². The molecular weight excluding hydrogens is 214 g/mol. The van der Waals surface area contributed by atoms with E-state index in [1.54, 1.807) is 12.2 Å². The highest BCUT2D eigenvalue weighted by molar-refractivity contribution is 6.09. The predicted molar refractivity (Wildman–Crippen MR) is 67.7 cm³/mol. The summed E-state index contributed by atoms with van der Waals surface area (Å²) in [5, 5.41) is 9.84. The summed E-state index contributed by atoms with van der Waals surface area (Å²) >= 11 is 0. The molecule has 3 nitrogen and oxygen atoms in total. The van der Waals surface area contributed by atoms with Crippen LogP contribution in [-0.2, 0) is 4.79 Å². The molecule has 0 spiro atoms. The van der Waals surface area contributed by atoms with E-state index in [4.69, 9.17) is 0 Å². The van der Waals surface area contributed by atoms with Gasteiger partial charge in [0, 0.05) is 6.92 Å². The highest BCUT2D eigenvalue weighted by Crippen LogP contribution is 2.20. The molecule has 1 aliphatic carbocycles. The Balaban J connectivity index is 2.27. The number of hydrogen-bond acceptors (Lipinski definition) is 2. The normalized spacial score (nSPS) is 21.4. The lowest BCUT2D eigenvalue weighted by molar-refractivity contribution is -0.115. The Kier molecular flexibility index (Phi) is 3.30. The molecule has 0 saturated heterocycles. The first-order chi connectivity index (χ1) is 8.16.